The fourth-order valence-electron chi connectivity index (χ4n) is 3.30. The molecule has 1 aromatic carbocycles. The van der Waals surface area contributed by atoms with Gasteiger partial charge >= 0.3 is 12.1 Å². The third-order valence-electron chi connectivity index (χ3n) is 4.95. The summed E-state index contributed by atoms with van der Waals surface area (Å²) in [4.78, 5) is 24.9. The van der Waals surface area contributed by atoms with Crippen molar-refractivity contribution in [1.82, 2.24) is 24.7 Å². The lowest BCUT2D eigenvalue weighted by Crippen LogP contribution is -2.10. The number of nitrogens with zero attached hydrogens (tertiary/aromatic N) is 6. The Morgan fingerprint density at radius 1 is 1.19 bits per heavy atom. The SMILES string of the molecule is CCOC(=O)c1cncc(-c2cnc(Nc3cc(C#N)cc(OC)c3)nc2-n2ccc(C(F)(F)F)n2)c1. The van der Waals surface area contributed by atoms with Gasteiger partial charge < -0.3 is 14.8 Å². The van der Waals surface area contributed by atoms with E-state index in [9.17, 15) is 23.2 Å². The fraction of sp³-hybridized carbons (Fsp3) is 0.167. The number of anilines is 2. The predicted octanol–water partition coefficient (Wildman–Crippen LogP) is 4.54. The van der Waals surface area contributed by atoms with Gasteiger partial charge in [0.2, 0.25) is 5.95 Å². The Kier molecular flexibility index (Phi) is 7.01. The highest BCUT2D eigenvalue weighted by Gasteiger charge is 2.34. The van der Waals surface area contributed by atoms with E-state index in [1.807, 2.05) is 6.07 Å². The number of nitriles is 1. The summed E-state index contributed by atoms with van der Waals surface area (Å²) in [6.07, 6.45) is 0.521. The molecule has 0 spiro atoms. The zero-order valence-electron chi connectivity index (χ0n) is 19.4. The van der Waals surface area contributed by atoms with Gasteiger partial charge in [0, 0.05) is 47.7 Å². The molecule has 0 fully saturated rings. The van der Waals surface area contributed by atoms with Crippen molar-refractivity contribution in [2.24, 2.45) is 0 Å². The van der Waals surface area contributed by atoms with Gasteiger partial charge in [-0.1, -0.05) is 0 Å². The summed E-state index contributed by atoms with van der Waals surface area (Å²) in [5, 5.41) is 15.8. The molecule has 0 bridgehead atoms. The first-order valence-electron chi connectivity index (χ1n) is 10.7. The molecular formula is C24H18F3N7O3. The number of ether oxygens (including phenoxy) is 2. The zero-order valence-corrected chi connectivity index (χ0v) is 19.4. The van der Waals surface area contributed by atoms with Gasteiger partial charge in [-0.3, -0.25) is 4.98 Å². The van der Waals surface area contributed by atoms with E-state index in [1.165, 1.54) is 43.9 Å². The van der Waals surface area contributed by atoms with Crippen LogP contribution in [0.5, 0.6) is 5.75 Å². The number of hydrogen-bond donors (Lipinski definition) is 1. The second kappa shape index (κ2) is 10.3. The largest absolute Gasteiger partial charge is 0.497 e. The maximum absolute atomic E-state index is 13.2. The van der Waals surface area contributed by atoms with Crippen molar-refractivity contribution >= 4 is 17.6 Å². The number of methoxy groups -OCH3 is 1. The molecule has 0 radical (unpaired) electrons. The van der Waals surface area contributed by atoms with Gasteiger partial charge in [0.25, 0.3) is 0 Å². The minimum Gasteiger partial charge on any atom is -0.497 e. The van der Waals surface area contributed by atoms with Crippen LogP contribution in [0.2, 0.25) is 0 Å². The molecule has 3 heterocycles. The van der Waals surface area contributed by atoms with Crippen molar-refractivity contribution < 1.29 is 27.4 Å². The molecule has 0 atom stereocenters. The quantitative estimate of drug-likeness (QED) is 0.357. The molecule has 37 heavy (non-hydrogen) atoms. The van der Waals surface area contributed by atoms with E-state index < -0.39 is 17.8 Å². The van der Waals surface area contributed by atoms with Crippen LogP contribution in [-0.2, 0) is 10.9 Å². The van der Waals surface area contributed by atoms with E-state index in [1.54, 1.807) is 13.0 Å². The van der Waals surface area contributed by atoms with Crippen LogP contribution in [-0.4, -0.2) is 44.4 Å². The number of hydrogen-bond acceptors (Lipinski definition) is 9. The standard InChI is InChI=1S/C24H18F3N7O3/c1-3-37-22(35)16-8-15(11-29-12-16)19-13-30-23(31-17-6-14(10-28)7-18(9-17)36-2)32-21(19)34-5-4-20(33-34)24(25,26)27/h4-9,11-13H,3H2,1-2H3,(H,30,31,32). The third-order valence-corrected chi connectivity index (χ3v) is 4.95. The van der Waals surface area contributed by atoms with E-state index in [4.69, 9.17) is 9.47 Å². The molecule has 13 heteroatoms. The van der Waals surface area contributed by atoms with Crippen molar-refractivity contribution in [3.8, 4) is 28.8 Å². The average molecular weight is 509 g/mol. The Morgan fingerprint density at radius 2 is 2.00 bits per heavy atom. The van der Waals surface area contributed by atoms with Crippen molar-refractivity contribution in [1.29, 1.82) is 5.26 Å². The zero-order chi connectivity index (χ0) is 26.6. The molecule has 0 saturated heterocycles. The number of rotatable bonds is 7. The summed E-state index contributed by atoms with van der Waals surface area (Å²) in [6.45, 7) is 1.81. The third kappa shape index (κ3) is 5.64. The molecule has 0 saturated carbocycles. The molecule has 1 N–H and O–H groups in total. The lowest BCUT2D eigenvalue weighted by molar-refractivity contribution is -0.141. The highest BCUT2D eigenvalue weighted by atomic mass is 19.4. The number of nitrogens with one attached hydrogen (secondary N) is 1. The molecule has 3 aromatic heterocycles. The number of pyridine rings is 1. The van der Waals surface area contributed by atoms with Crippen molar-refractivity contribution in [2.75, 3.05) is 19.0 Å². The second-order valence-corrected chi connectivity index (χ2v) is 7.44. The molecule has 4 rings (SSSR count). The van der Waals surface area contributed by atoms with Gasteiger partial charge in [-0.25, -0.2) is 14.5 Å². The Hall–Kier alpha value is -4.99. The summed E-state index contributed by atoms with van der Waals surface area (Å²) in [7, 11) is 1.44. The Bertz CT molecular complexity index is 1500. The van der Waals surface area contributed by atoms with E-state index in [0.29, 0.717) is 22.6 Å². The molecule has 0 amide bonds. The second-order valence-electron chi connectivity index (χ2n) is 7.44. The van der Waals surface area contributed by atoms with E-state index in [2.05, 4.69) is 25.4 Å². The number of aromatic nitrogens is 5. The summed E-state index contributed by atoms with van der Waals surface area (Å²) in [6, 6.07) is 8.95. The van der Waals surface area contributed by atoms with Crippen LogP contribution in [0.4, 0.5) is 24.8 Å². The lowest BCUT2D eigenvalue weighted by Gasteiger charge is -2.13. The van der Waals surface area contributed by atoms with Crippen LogP contribution >= 0.6 is 0 Å². The number of benzene rings is 1. The number of alkyl halides is 3. The van der Waals surface area contributed by atoms with Gasteiger partial charge in [-0.2, -0.15) is 28.5 Å². The van der Waals surface area contributed by atoms with Crippen LogP contribution in [0.3, 0.4) is 0 Å². The first-order chi connectivity index (χ1) is 17.7. The number of esters is 1. The topological polar surface area (TPSA) is 128 Å². The summed E-state index contributed by atoms with van der Waals surface area (Å²) in [5.74, 6) is -0.210. The Morgan fingerprint density at radius 3 is 2.68 bits per heavy atom. The van der Waals surface area contributed by atoms with Gasteiger partial charge in [-0.05, 0) is 31.2 Å². The molecule has 0 unspecified atom stereocenters. The molecule has 0 aliphatic rings. The first kappa shape index (κ1) is 25.1. The molecule has 0 aliphatic carbocycles. The normalized spacial score (nSPS) is 11.0. The number of carbonyl (C=O) groups is 1. The Balaban J connectivity index is 1.81. The van der Waals surface area contributed by atoms with Crippen LogP contribution in [0.1, 0.15) is 28.5 Å². The molecular weight excluding hydrogens is 491 g/mol. The highest BCUT2D eigenvalue weighted by Crippen LogP contribution is 2.31. The average Bonchev–Trinajstić information content (AvgIpc) is 3.40. The highest BCUT2D eigenvalue weighted by molar-refractivity contribution is 5.90. The van der Waals surface area contributed by atoms with E-state index in [0.717, 1.165) is 16.9 Å². The fourth-order valence-corrected chi connectivity index (χ4v) is 3.30. The number of halogens is 3. The van der Waals surface area contributed by atoms with Crippen molar-refractivity contribution in [3.63, 3.8) is 0 Å². The maximum atomic E-state index is 13.2. The number of carbonyl (C=O) groups excluding carboxylic acids is 1. The van der Waals surface area contributed by atoms with E-state index in [-0.39, 0.29) is 29.5 Å². The van der Waals surface area contributed by atoms with Crippen LogP contribution < -0.4 is 10.1 Å². The van der Waals surface area contributed by atoms with Crippen LogP contribution in [0.15, 0.2) is 55.1 Å². The van der Waals surface area contributed by atoms with Gasteiger partial charge in [0.15, 0.2) is 11.5 Å². The minimum absolute atomic E-state index is 0.00876. The summed E-state index contributed by atoms with van der Waals surface area (Å²) in [5.41, 5.74) is 0.356. The van der Waals surface area contributed by atoms with Crippen molar-refractivity contribution in [2.45, 2.75) is 13.1 Å². The smallest absolute Gasteiger partial charge is 0.435 e. The Labute approximate surface area is 208 Å². The monoisotopic (exact) mass is 509 g/mol. The van der Waals surface area contributed by atoms with Crippen LogP contribution in [0.25, 0.3) is 16.9 Å². The van der Waals surface area contributed by atoms with E-state index >= 15 is 0 Å². The lowest BCUT2D eigenvalue weighted by atomic mass is 10.1. The van der Waals surface area contributed by atoms with Gasteiger partial charge in [0.05, 0.1) is 30.9 Å². The first-order valence-corrected chi connectivity index (χ1v) is 10.7. The van der Waals surface area contributed by atoms with Crippen molar-refractivity contribution in [3.05, 3.63) is 71.9 Å². The molecule has 10 nitrogen and oxygen atoms in total. The van der Waals surface area contributed by atoms with Gasteiger partial charge in [0.1, 0.15) is 5.75 Å². The summed E-state index contributed by atoms with van der Waals surface area (Å²) >= 11 is 0. The predicted molar refractivity (Wildman–Crippen MR) is 124 cm³/mol. The maximum Gasteiger partial charge on any atom is 0.435 e. The summed E-state index contributed by atoms with van der Waals surface area (Å²) < 4.78 is 50.9. The molecule has 188 valence electrons. The van der Waals surface area contributed by atoms with Crippen LogP contribution in [0, 0.1) is 11.3 Å². The van der Waals surface area contributed by atoms with Gasteiger partial charge in [-0.15, -0.1) is 0 Å². The molecule has 4 aromatic rings. The molecule has 0 aliphatic heterocycles. The minimum atomic E-state index is -4.67.